The summed E-state index contributed by atoms with van der Waals surface area (Å²) in [6.07, 6.45) is 7.48. The SMILES string of the molecule is C#CC(C)(C)c1cccc2[nH]ccc12. The van der Waals surface area contributed by atoms with Gasteiger partial charge in [0.1, 0.15) is 0 Å². The Morgan fingerprint density at radius 2 is 2.07 bits per heavy atom. The van der Waals surface area contributed by atoms with Crippen molar-refractivity contribution in [2.24, 2.45) is 0 Å². The molecule has 0 atom stereocenters. The van der Waals surface area contributed by atoms with Crippen molar-refractivity contribution >= 4 is 10.9 Å². The van der Waals surface area contributed by atoms with Gasteiger partial charge in [0.2, 0.25) is 0 Å². The van der Waals surface area contributed by atoms with Crippen LogP contribution in [0.1, 0.15) is 19.4 Å². The van der Waals surface area contributed by atoms with Crippen molar-refractivity contribution in [3.8, 4) is 12.3 Å². The number of hydrogen-bond acceptors (Lipinski definition) is 0. The number of H-pyrrole nitrogens is 1. The second-order valence-electron chi connectivity index (χ2n) is 4.01. The zero-order valence-electron chi connectivity index (χ0n) is 8.46. The van der Waals surface area contributed by atoms with Crippen LogP contribution in [0.3, 0.4) is 0 Å². The predicted molar refractivity (Wildman–Crippen MR) is 60.2 cm³/mol. The lowest BCUT2D eigenvalue weighted by Gasteiger charge is -2.18. The first-order valence-electron chi connectivity index (χ1n) is 4.69. The first-order chi connectivity index (χ1) is 6.65. The topological polar surface area (TPSA) is 15.8 Å². The fourth-order valence-electron chi connectivity index (χ4n) is 1.71. The standard InChI is InChI=1S/C13H13N/c1-4-13(2,3)11-6-5-7-12-10(11)8-9-14-12/h1,5-9,14H,2-3H3. The molecule has 0 unspecified atom stereocenters. The predicted octanol–water partition coefficient (Wildman–Crippen LogP) is 3.08. The van der Waals surface area contributed by atoms with Crippen LogP contribution in [0, 0.1) is 12.3 Å². The van der Waals surface area contributed by atoms with Crippen LogP contribution < -0.4 is 0 Å². The third-order valence-corrected chi connectivity index (χ3v) is 2.63. The Balaban J connectivity index is 2.75. The van der Waals surface area contributed by atoms with Gasteiger partial charge in [0.25, 0.3) is 0 Å². The lowest BCUT2D eigenvalue weighted by Crippen LogP contribution is -2.13. The van der Waals surface area contributed by atoms with Crippen LogP contribution >= 0.6 is 0 Å². The van der Waals surface area contributed by atoms with E-state index in [1.54, 1.807) is 0 Å². The molecule has 0 aliphatic heterocycles. The molecule has 1 N–H and O–H groups in total. The van der Waals surface area contributed by atoms with Crippen LogP contribution in [0.2, 0.25) is 0 Å². The molecule has 1 aromatic heterocycles. The second kappa shape index (κ2) is 2.92. The van der Waals surface area contributed by atoms with E-state index in [1.165, 1.54) is 10.9 Å². The van der Waals surface area contributed by atoms with Gasteiger partial charge in [-0.15, -0.1) is 6.42 Å². The maximum Gasteiger partial charge on any atom is 0.0510 e. The van der Waals surface area contributed by atoms with Crippen molar-refractivity contribution < 1.29 is 0 Å². The highest BCUT2D eigenvalue weighted by Gasteiger charge is 2.19. The van der Waals surface area contributed by atoms with E-state index in [0.29, 0.717) is 0 Å². The van der Waals surface area contributed by atoms with Gasteiger partial charge >= 0.3 is 0 Å². The third kappa shape index (κ3) is 1.20. The normalized spacial score (nSPS) is 11.5. The number of nitrogens with one attached hydrogen (secondary N) is 1. The molecule has 1 heterocycles. The zero-order valence-corrected chi connectivity index (χ0v) is 8.46. The average molecular weight is 183 g/mol. The third-order valence-electron chi connectivity index (χ3n) is 2.63. The van der Waals surface area contributed by atoms with E-state index in [0.717, 1.165) is 5.52 Å². The van der Waals surface area contributed by atoms with Gasteiger partial charge in [-0.1, -0.05) is 18.1 Å². The summed E-state index contributed by atoms with van der Waals surface area (Å²) < 4.78 is 0. The molecule has 0 bridgehead atoms. The molecule has 0 spiro atoms. The smallest absolute Gasteiger partial charge is 0.0510 e. The highest BCUT2D eigenvalue weighted by atomic mass is 14.7. The van der Waals surface area contributed by atoms with Crippen LogP contribution in [0.5, 0.6) is 0 Å². The summed E-state index contributed by atoms with van der Waals surface area (Å²) in [6.45, 7) is 4.13. The fourth-order valence-corrected chi connectivity index (χ4v) is 1.71. The average Bonchev–Trinajstić information content (AvgIpc) is 2.64. The van der Waals surface area contributed by atoms with Crippen LogP contribution in [0.15, 0.2) is 30.5 Å². The van der Waals surface area contributed by atoms with Gasteiger partial charge in [-0.2, -0.15) is 0 Å². The maximum atomic E-state index is 5.54. The number of aromatic amines is 1. The Bertz CT molecular complexity index is 497. The summed E-state index contributed by atoms with van der Waals surface area (Å²) in [5.41, 5.74) is 2.14. The molecule has 1 heteroatoms. The fraction of sp³-hybridized carbons (Fsp3) is 0.231. The second-order valence-corrected chi connectivity index (χ2v) is 4.01. The first-order valence-corrected chi connectivity index (χ1v) is 4.69. The maximum absolute atomic E-state index is 5.54. The van der Waals surface area contributed by atoms with Gasteiger partial charge in [0.05, 0.1) is 5.41 Å². The number of terminal acetylenes is 1. The minimum atomic E-state index is -0.207. The van der Waals surface area contributed by atoms with E-state index >= 15 is 0 Å². The van der Waals surface area contributed by atoms with E-state index in [9.17, 15) is 0 Å². The number of rotatable bonds is 1. The quantitative estimate of drug-likeness (QED) is 0.654. The van der Waals surface area contributed by atoms with Crippen molar-refractivity contribution in [3.63, 3.8) is 0 Å². The first kappa shape index (κ1) is 8.90. The van der Waals surface area contributed by atoms with Crippen LogP contribution in [0.25, 0.3) is 10.9 Å². The molecule has 70 valence electrons. The van der Waals surface area contributed by atoms with Crippen LogP contribution in [-0.4, -0.2) is 4.98 Å². The summed E-state index contributed by atoms with van der Waals surface area (Å²) in [7, 11) is 0. The molecule has 2 aromatic rings. The van der Waals surface area contributed by atoms with Gasteiger partial charge < -0.3 is 4.98 Å². The Morgan fingerprint density at radius 3 is 2.79 bits per heavy atom. The molecule has 0 radical (unpaired) electrons. The molecule has 1 aromatic carbocycles. The van der Waals surface area contributed by atoms with E-state index in [4.69, 9.17) is 6.42 Å². The number of benzene rings is 1. The molecule has 0 saturated carbocycles. The summed E-state index contributed by atoms with van der Waals surface area (Å²) in [4.78, 5) is 3.19. The molecule has 14 heavy (non-hydrogen) atoms. The van der Waals surface area contributed by atoms with Crippen molar-refractivity contribution in [2.75, 3.05) is 0 Å². The number of aromatic nitrogens is 1. The van der Waals surface area contributed by atoms with Crippen LogP contribution in [-0.2, 0) is 5.41 Å². The van der Waals surface area contributed by atoms with Gasteiger partial charge in [0, 0.05) is 17.1 Å². The Labute approximate surface area is 84.1 Å². The lowest BCUT2D eigenvalue weighted by atomic mass is 9.84. The molecule has 0 aliphatic rings. The van der Waals surface area contributed by atoms with Crippen molar-refractivity contribution in [3.05, 3.63) is 36.0 Å². The van der Waals surface area contributed by atoms with Crippen LogP contribution in [0.4, 0.5) is 0 Å². The monoisotopic (exact) mass is 183 g/mol. The van der Waals surface area contributed by atoms with E-state index in [-0.39, 0.29) is 5.41 Å². The van der Waals surface area contributed by atoms with E-state index in [1.807, 2.05) is 12.3 Å². The molecule has 1 nitrogen and oxygen atoms in total. The van der Waals surface area contributed by atoms with Crippen molar-refractivity contribution in [2.45, 2.75) is 19.3 Å². The molecule has 0 saturated heterocycles. The van der Waals surface area contributed by atoms with Crippen molar-refractivity contribution in [1.29, 1.82) is 0 Å². The minimum Gasteiger partial charge on any atom is -0.361 e. The summed E-state index contributed by atoms with van der Waals surface area (Å²) in [6, 6.07) is 8.26. The van der Waals surface area contributed by atoms with Crippen molar-refractivity contribution in [1.82, 2.24) is 4.98 Å². The highest BCUT2D eigenvalue weighted by Crippen LogP contribution is 2.29. The van der Waals surface area contributed by atoms with Gasteiger partial charge in [-0.05, 0) is 31.5 Å². The summed E-state index contributed by atoms with van der Waals surface area (Å²) in [5, 5.41) is 1.22. The van der Waals surface area contributed by atoms with Gasteiger partial charge in [-0.3, -0.25) is 0 Å². The number of fused-ring (bicyclic) bond motifs is 1. The van der Waals surface area contributed by atoms with E-state index in [2.05, 4.69) is 43.0 Å². The summed E-state index contributed by atoms with van der Waals surface area (Å²) in [5.74, 6) is 2.83. The number of hydrogen-bond donors (Lipinski definition) is 1. The lowest BCUT2D eigenvalue weighted by molar-refractivity contribution is 0.706. The molecular formula is C13H13N. The van der Waals surface area contributed by atoms with E-state index < -0.39 is 0 Å². The van der Waals surface area contributed by atoms with Gasteiger partial charge in [0.15, 0.2) is 0 Å². The molecule has 0 fully saturated rings. The summed E-state index contributed by atoms with van der Waals surface area (Å²) >= 11 is 0. The molecule has 0 amide bonds. The largest absolute Gasteiger partial charge is 0.361 e. The minimum absolute atomic E-state index is 0.207. The zero-order chi connectivity index (χ0) is 10.2. The molecule has 0 aliphatic carbocycles. The Morgan fingerprint density at radius 1 is 1.29 bits per heavy atom. The highest BCUT2D eigenvalue weighted by molar-refractivity contribution is 5.84. The Kier molecular flexibility index (Phi) is 1.86. The van der Waals surface area contributed by atoms with Gasteiger partial charge in [-0.25, -0.2) is 0 Å². The molecular weight excluding hydrogens is 170 g/mol. The molecule has 2 rings (SSSR count). The Hall–Kier alpha value is -1.68.